The number of anilines is 2. The second kappa shape index (κ2) is 6.72. The molecular weight excluding hydrogens is 290 g/mol. The van der Waals surface area contributed by atoms with Gasteiger partial charge in [-0.15, -0.1) is 0 Å². The summed E-state index contributed by atoms with van der Waals surface area (Å²) in [7, 11) is 0. The van der Waals surface area contributed by atoms with Crippen LogP contribution < -0.4 is 9.80 Å². The average Bonchev–Trinajstić information content (AvgIpc) is 2.55. The standard InChI is InChI=1S/C17H27N5O/c1-13-4-6-21(7-5-13)16-12-17(19-14(2)18-16)22-10-8-20(9-11-22)15(3)23/h12-13H,4-11H2,1-3H3. The van der Waals surface area contributed by atoms with Gasteiger partial charge in [0.15, 0.2) is 0 Å². The predicted molar refractivity (Wildman–Crippen MR) is 91.8 cm³/mol. The number of amides is 1. The molecule has 1 aromatic rings. The fraction of sp³-hybridized carbons (Fsp3) is 0.706. The topological polar surface area (TPSA) is 52.6 Å². The molecule has 2 saturated heterocycles. The van der Waals surface area contributed by atoms with Gasteiger partial charge in [-0.2, -0.15) is 0 Å². The van der Waals surface area contributed by atoms with Gasteiger partial charge in [-0.25, -0.2) is 9.97 Å². The number of piperazine rings is 1. The van der Waals surface area contributed by atoms with Gasteiger partial charge in [0.25, 0.3) is 0 Å². The van der Waals surface area contributed by atoms with Crippen molar-refractivity contribution in [3.8, 4) is 0 Å². The van der Waals surface area contributed by atoms with E-state index in [1.54, 1.807) is 6.92 Å². The maximum Gasteiger partial charge on any atom is 0.219 e. The Hall–Kier alpha value is -1.85. The predicted octanol–water partition coefficient (Wildman–Crippen LogP) is 1.69. The molecule has 0 unspecified atom stereocenters. The fourth-order valence-corrected chi connectivity index (χ4v) is 3.35. The van der Waals surface area contributed by atoms with E-state index in [9.17, 15) is 4.79 Å². The number of carbonyl (C=O) groups is 1. The first-order chi connectivity index (χ1) is 11.0. The van der Waals surface area contributed by atoms with Crippen LogP contribution in [0.25, 0.3) is 0 Å². The number of rotatable bonds is 2. The maximum atomic E-state index is 11.5. The summed E-state index contributed by atoms with van der Waals surface area (Å²) >= 11 is 0. The van der Waals surface area contributed by atoms with Crippen molar-refractivity contribution in [2.45, 2.75) is 33.6 Å². The summed E-state index contributed by atoms with van der Waals surface area (Å²) in [6.45, 7) is 11.3. The van der Waals surface area contributed by atoms with Crippen molar-refractivity contribution >= 4 is 17.5 Å². The maximum absolute atomic E-state index is 11.5. The van der Waals surface area contributed by atoms with Crippen LogP contribution in [0.1, 0.15) is 32.5 Å². The highest BCUT2D eigenvalue weighted by Crippen LogP contribution is 2.25. The molecule has 0 aromatic carbocycles. The Balaban J connectivity index is 1.72. The van der Waals surface area contributed by atoms with Gasteiger partial charge >= 0.3 is 0 Å². The van der Waals surface area contributed by atoms with E-state index in [0.717, 1.165) is 62.6 Å². The first-order valence-corrected chi connectivity index (χ1v) is 8.64. The number of nitrogens with zero attached hydrogens (tertiary/aromatic N) is 5. The van der Waals surface area contributed by atoms with Gasteiger partial charge < -0.3 is 14.7 Å². The van der Waals surface area contributed by atoms with E-state index in [0.29, 0.717) is 0 Å². The minimum Gasteiger partial charge on any atom is -0.356 e. The number of piperidine rings is 1. The van der Waals surface area contributed by atoms with Crippen LogP contribution in [0.3, 0.4) is 0 Å². The first-order valence-electron chi connectivity index (χ1n) is 8.64. The van der Waals surface area contributed by atoms with Gasteiger partial charge in [0.05, 0.1) is 0 Å². The van der Waals surface area contributed by atoms with Crippen molar-refractivity contribution in [1.29, 1.82) is 0 Å². The Bertz CT molecular complexity index is 560. The Morgan fingerprint density at radius 1 is 1.00 bits per heavy atom. The van der Waals surface area contributed by atoms with E-state index in [1.807, 2.05) is 11.8 Å². The number of hydrogen-bond acceptors (Lipinski definition) is 5. The molecule has 3 heterocycles. The highest BCUT2D eigenvalue weighted by molar-refractivity contribution is 5.73. The zero-order chi connectivity index (χ0) is 16.4. The molecule has 6 heteroatoms. The molecule has 0 saturated carbocycles. The highest BCUT2D eigenvalue weighted by Gasteiger charge is 2.22. The summed E-state index contributed by atoms with van der Waals surface area (Å²) in [5.74, 6) is 3.84. The molecule has 0 spiro atoms. The van der Waals surface area contributed by atoms with E-state index >= 15 is 0 Å². The molecule has 0 atom stereocenters. The molecule has 3 rings (SSSR count). The van der Waals surface area contributed by atoms with Crippen molar-refractivity contribution in [3.05, 3.63) is 11.9 Å². The SMILES string of the molecule is CC(=O)N1CCN(c2cc(N3CCC(C)CC3)nc(C)n2)CC1. The summed E-state index contributed by atoms with van der Waals surface area (Å²) in [5.41, 5.74) is 0. The lowest BCUT2D eigenvalue weighted by Crippen LogP contribution is -2.48. The molecular formula is C17H27N5O. The van der Waals surface area contributed by atoms with Gasteiger partial charge in [-0.3, -0.25) is 4.79 Å². The van der Waals surface area contributed by atoms with Crippen LogP contribution in [-0.2, 0) is 4.79 Å². The average molecular weight is 317 g/mol. The Labute approximate surface area is 138 Å². The van der Waals surface area contributed by atoms with Crippen LogP contribution in [-0.4, -0.2) is 60.0 Å². The summed E-state index contributed by atoms with van der Waals surface area (Å²) < 4.78 is 0. The van der Waals surface area contributed by atoms with Gasteiger partial charge in [-0.05, 0) is 25.7 Å². The fourth-order valence-electron chi connectivity index (χ4n) is 3.35. The van der Waals surface area contributed by atoms with E-state index in [1.165, 1.54) is 12.8 Å². The van der Waals surface area contributed by atoms with Crippen LogP contribution in [0.2, 0.25) is 0 Å². The number of aryl methyl sites for hydroxylation is 1. The molecule has 0 aliphatic carbocycles. The van der Waals surface area contributed by atoms with Gasteiger partial charge in [0, 0.05) is 52.3 Å². The lowest BCUT2D eigenvalue weighted by Gasteiger charge is -2.36. The summed E-state index contributed by atoms with van der Waals surface area (Å²) in [5, 5.41) is 0. The molecule has 2 aliphatic rings. The second-order valence-electron chi connectivity index (χ2n) is 6.79. The van der Waals surface area contributed by atoms with Crippen LogP contribution >= 0.6 is 0 Å². The molecule has 2 fully saturated rings. The van der Waals surface area contributed by atoms with Crippen LogP contribution in [0.4, 0.5) is 11.6 Å². The molecule has 0 radical (unpaired) electrons. The minimum atomic E-state index is 0.159. The van der Waals surface area contributed by atoms with Crippen molar-refractivity contribution in [1.82, 2.24) is 14.9 Å². The number of aromatic nitrogens is 2. The molecule has 2 aliphatic heterocycles. The summed E-state index contributed by atoms with van der Waals surface area (Å²) in [4.78, 5) is 27.3. The normalized spacial score (nSPS) is 20.0. The van der Waals surface area contributed by atoms with E-state index in [2.05, 4.69) is 32.8 Å². The Morgan fingerprint density at radius 3 is 2.04 bits per heavy atom. The molecule has 0 bridgehead atoms. The van der Waals surface area contributed by atoms with Crippen molar-refractivity contribution in [2.24, 2.45) is 5.92 Å². The minimum absolute atomic E-state index is 0.159. The molecule has 6 nitrogen and oxygen atoms in total. The Morgan fingerprint density at radius 2 is 1.52 bits per heavy atom. The third kappa shape index (κ3) is 3.74. The van der Waals surface area contributed by atoms with E-state index in [-0.39, 0.29) is 5.91 Å². The molecule has 1 aromatic heterocycles. The second-order valence-corrected chi connectivity index (χ2v) is 6.79. The van der Waals surface area contributed by atoms with Crippen molar-refractivity contribution in [3.63, 3.8) is 0 Å². The lowest BCUT2D eigenvalue weighted by molar-refractivity contribution is -0.129. The van der Waals surface area contributed by atoms with Crippen LogP contribution in [0.5, 0.6) is 0 Å². The molecule has 126 valence electrons. The van der Waals surface area contributed by atoms with E-state index < -0.39 is 0 Å². The third-order valence-electron chi connectivity index (χ3n) is 4.97. The molecule has 23 heavy (non-hydrogen) atoms. The van der Waals surface area contributed by atoms with Crippen LogP contribution in [0, 0.1) is 12.8 Å². The number of hydrogen-bond donors (Lipinski definition) is 0. The van der Waals surface area contributed by atoms with Gasteiger partial charge in [0.2, 0.25) is 5.91 Å². The highest BCUT2D eigenvalue weighted by atomic mass is 16.2. The third-order valence-corrected chi connectivity index (χ3v) is 4.97. The van der Waals surface area contributed by atoms with Crippen molar-refractivity contribution < 1.29 is 4.79 Å². The van der Waals surface area contributed by atoms with Crippen LogP contribution in [0.15, 0.2) is 6.07 Å². The zero-order valence-corrected chi connectivity index (χ0v) is 14.5. The zero-order valence-electron chi connectivity index (χ0n) is 14.5. The number of carbonyl (C=O) groups excluding carboxylic acids is 1. The quantitative estimate of drug-likeness (QED) is 0.831. The monoisotopic (exact) mass is 317 g/mol. The molecule has 0 N–H and O–H groups in total. The van der Waals surface area contributed by atoms with Gasteiger partial charge in [0.1, 0.15) is 17.5 Å². The lowest BCUT2D eigenvalue weighted by atomic mass is 9.99. The Kier molecular flexibility index (Phi) is 4.68. The molecule has 1 amide bonds. The van der Waals surface area contributed by atoms with E-state index in [4.69, 9.17) is 0 Å². The van der Waals surface area contributed by atoms with Crippen molar-refractivity contribution in [2.75, 3.05) is 49.1 Å². The summed E-state index contributed by atoms with van der Waals surface area (Å²) in [6.07, 6.45) is 2.46. The summed E-state index contributed by atoms with van der Waals surface area (Å²) in [6, 6.07) is 2.12. The largest absolute Gasteiger partial charge is 0.356 e. The van der Waals surface area contributed by atoms with Gasteiger partial charge in [-0.1, -0.05) is 6.92 Å². The first kappa shape index (κ1) is 16.0. The smallest absolute Gasteiger partial charge is 0.219 e.